The SMILES string of the molecule is Cc1ccc(CC(=O)Nc2ccc(-c3cc(-c4ncco4)ccc3C)cc2)cc1. The van der Waals surface area contributed by atoms with Gasteiger partial charge in [-0.3, -0.25) is 4.79 Å². The molecule has 0 bridgehead atoms. The lowest BCUT2D eigenvalue weighted by atomic mass is 9.98. The number of aromatic nitrogens is 1. The lowest BCUT2D eigenvalue weighted by molar-refractivity contribution is -0.115. The number of carbonyl (C=O) groups is 1. The van der Waals surface area contributed by atoms with Gasteiger partial charge in [0.05, 0.1) is 12.6 Å². The molecule has 144 valence electrons. The van der Waals surface area contributed by atoms with E-state index in [-0.39, 0.29) is 5.91 Å². The highest BCUT2D eigenvalue weighted by molar-refractivity contribution is 5.92. The zero-order valence-electron chi connectivity index (χ0n) is 16.5. The van der Waals surface area contributed by atoms with E-state index in [9.17, 15) is 4.79 Å². The summed E-state index contributed by atoms with van der Waals surface area (Å²) in [7, 11) is 0. The molecule has 4 aromatic rings. The van der Waals surface area contributed by atoms with Crippen molar-refractivity contribution < 1.29 is 9.21 Å². The maximum absolute atomic E-state index is 12.3. The Morgan fingerprint density at radius 3 is 2.34 bits per heavy atom. The molecular weight excluding hydrogens is 360 g/mol. The smallest absolute Gasteiger partial charge is 0.228 e. The molecular formula is C25H22N2O2. The third-order valence-electron chi connectivity index (χ3n) is 4.88. The lowest BCUT2D eigenvalue weighted by Crippen LogP contribution is -2.14. The largest absolute Gasteiger partial charge is 0.445 e. The number of rotatable bonds is 5. The maximum Gasteiger partial charge on any atom is 0.228 e. The Kier molecular flexibility index (Phi) is 5.25. The minimum Gasteiger partial charge on any atom is -0.445 e. The Bertz CT molecular complexity index is 1110. The maximum atomic E-state index is 12.3. The molecule has 1 N–H and O–H groups in total. The lowest BCUT2D eigenvalue weighted by Gasteiger charge is -2.10. The number of nitrogens with one attached hydrogen (secondary N) is 1. The minimum atomic E-state index is -0.0244. The van der Waals surface area contributed by atoms with Crippen LogP contribution in [-0.4, -0.2) is 10.9 Å². The van der Waals surface area contributed by atoms with Gasteiger partial charge in [0.15, 0.2) is 0 Å². The van der Waals surface area contributed by atoms with Crippen molar-refractivity contribution in [3.05, 3.63) is 95.9 Å². The van der Waals surface area contributed by atoms with Crippen LogP contribution in [0.1, 0.15) is 16.7 Å². The molecule has 0 spiro atoms. The standard InChI is InChI=1S/C25H22N2O2/c1-17-3-6-19(7-4-17)15-24(28)27-22-11-9-20(10-12-22)23-16-21(8-5-18(23)2)25-26-13-14-29-25/h3-14,16H,15H2,1-2H3,(H,27,28). The van der Waals surface area contributed by atoms with E-state index in [0.717, 1.165) is 33.5 Å². The fraction of sp³-hybridized carbons (Fsp3) is 0.120. The number of anilines is 1. The quantitative estimate of drug-likeness (QED) is 0.474. The van der Waals surface area contributed by atoms with Crippen molar-refractivity contribution >= 4 is 11.6 Å². The molecule has 1 amide bonds. The number of benzene rings is 3. The summed E-state index contributed by atoms with van der Waals surface area (Å²) >= 11 is 0. The second-order valence-electron chi connectivity index (χ2n) is 7.15. The van der Waals surface area contributed by atoms with Crippen LogP contribution in [0.15, 0.2) is 83.6 Å². The summed E-state index contributed by atoms with van der Waals surface area (Å²) < 4.78 is 5.41. The first-order valence-electron chi connectivity index (χ1n) is 9.55. The van der Waals surface area contributed by atoms with Crippen molar-refractivity contribution in [1.82, 2.24) is 4.98 Å². The van der Waals surface area contributed by atoms with Crippen LogP contribution in [0.4, 0.5) is 5.69 Å². The number of hydrogen-bond acceptors (Lipinski definition) is 3. The van der Waals surface area contributed by atoms with E-state index >= 15 is 0 Å². The average molecular weight is 382 g/mol. The number of nitrogens with zero attached hydrogens (tertiary/aromatic N) is 1. The van der Waals surface area contributed by atoms with Gasteiger partial charge in [-0.05, 0) is 60.4 Å². The van der Waals surface area contributed by atoms with Gasteiger partial charge in [0.25, 0.3) is 0 Å². The highest BCUT2D eigenvalue weighted by atomic mass is 16.3. The molecule has 0 aliphatic rings. The van der Waals surface area contributed by atoms with Crippen LogP contribution in [-0.2, 0) is 11.2 Å². The monoisotopic (exact) mass is 382 g/mol. The average Bonchev–Trinajstić information content (AvgIpc) is 3.26. The van der Waals surface area contributed by atoms with Crippen molar-refractivity contribution in [1.29, 1.82) is 0 Å². The van der Waals surface area contributed by atoms with E-state index in [1.165, 1.54) is 5.56 Å². The number of carbonyl (C=O) groups excluding carboxylic acids is 1. The normalized spacial score (nSPS) is 10.7. The molecule has 0 saturated heterocycles. The second kappa shape index (κ2) is 8.15. The molecule has 1 aromatic heterocycles. The molecule has 0 aliphatic heterocycles. The fourth-order valence-corrected chi connectivity index (χ4v) is 3.26. The summed E-state index contributed by atoms with van der Waals surface area (Å²) in [5.74, 6) is 0.579. The molecule has 4 rings (SSSR count). The molecule has 0 aliphatic carbocycles. The van der Waals surface area contributed by atoms with Crippen molar-refractivity contribution in [3.8, 4) is 22.6 Å². The Morgan fingerprint density at radius 1 is 0.931 bits per heavy atom. The van der Waals surface area contributed by atoms with Gasteiger partial charge in [-0.25, -0.2) is 4.98 Å². The van der Waals surface area contributed by atoms with Gasteiger partial charge in [0.1, 0.15) is 6.26 Å². The molecule has 3 aromatic carbocycles. The van der Waals surface area contributed by atoms with Crippen molar-refractivity contribution in [2.45, 2.75) is 20.3 Å². The highest BCUT2D eigenvalue weighted by Crippen LogP contribution is 2.29. The number of hydrogen-bond donors (Lipinski definition) is 1. The summed E-state index contributed by atoms with van der Waals surface area (Å²) in [6, 6.07) is 22.1. The van der Waals surface area contributed by atoms with Gasteiger partial charge in [-0.1, -0.05) is 48.0 Å². The number of aryl methyl sites for hydroxylation is 2. The van der Waals surface area contributed by atoms with Crippen LogP contribution in [0.25, 0.3) is 22.6 Å². The van der Waals surface area contributed by atoms with E-state index in [2.05, 4.69) is 29.4 Å². The number of amides is 1. The Hall–Kier alpha value is -3.66. The fourth-order valence-electron chi connectivity index (χ4n) is 3.26. The molecule has 0 saturated carbocycles. The Labute approximate surface area is 170 Å². The van der Waals surface area contributed by atoms with E-state index < -0.39 is 0 Å². The first-order chi connectivity index (χ1) is 14.1. The summed E-state index contributed by atoms with van der Waals surface area (Å²) in [5, 5.41) is 2.97. The van der Waals surface area contributed by atoms with Gasteiger partial charge in [0, 0.05) is 11.3 Å². The first-order valence-corrected chi connectivity index (χ1v) is 9.55. The van der Waals surface area contributed by atoms with Crippen LogP contribution in [0.2, 0.25) is 0 Å². The van der Waals surface area contributed by atoms with E-state index in [1.54, 1.807) is 12.5 Å². The van der Waals surface area contributed by atoms with Gasteiger partial charge < -0.3 is 9.73 Å². The minimum absolute atomic E-state index is 0.0244. The van der Waals surface area contributed by atoms with Gasteiger partial charge in [-0.2, -0.15) is 0 Å². The predicted octanol–water partition coefficient (Wildman–Crippen LogP) is 5.81. The van der Waals surface area contributed by atoms with E-state index in [4.69, 9.17) is 4.42 Å². The van der Waals surface area contributed by atoms with Crippen molar-refractivity contribution in [3.63, 3.8) is 0 Å². The van der Waals surface area contributed by atoms with Crippen molar-refractivity contribution in [2.24, 2.45) is 0 Å². The van der Waals surface area contributed by atoms with Crippen molar-refractivity contribution in [2.75, 3.05) is 5.32 Å². The molecule has 0 unspecified atom stereocenters. The van der Waals surface area contributed by atoms with E-state index in [1.807, 2.05) is 61.5 Å². The topological polar surface area (TPSA) is 55.1 Å². The molecule has 0 atom stereocenters. The Morgan fingerprint density at radius 2 is 1.66 bits per heavy atom. The zero-order valence-corrected chi connectivity index (χ0v) is 16.5. The van der Waals surface area contributed by atoms with Crippen LogP contribution >= 0.6 is 0 Å². The molecule has 4 heteroatoms. The van der Waals surface area contributed by atoms with Crippen LogP contribution in [0.3, 0.4) is 0 Å². The van der Waals surface area contributed by atoms with E-state index in [0.29, 0.717) is 12.3 Å². The highest BCUT2D eigenvalue weighted by Gasteiger charge is 2.09. The molecule has 0 fully saturated rings. The molecule has 0 radical (unpaired) electrons. The van der Waals surface area contributed by atoms with Gasteiger partial charge in [-0.15, -0.1) is 0 Å². The Balaban J connectivity index is 1.48. The second-order valence-corrected chi connectivity index (χ2v) is 7.15. The third-order valence-corrected chi connectivity index (χ3v) is 4.88. The molecule has 29 heavy (non-hydrogen) atoms. The van der Waals surface area contributed by atoms with Crippen LogP contribution in [0.5, 0.6) is 0 Å². The predicted molar refractivity (Wildman–Crippen MR) is 116 cm³/mol. The molecule has 4 nitrogen and oxygen atoms in total. The molecule has 1 heterocycles. The van der Waals surface area contributed by atoms with Crippen LogP contribution < -0.4 is 5.32 Å². The third kappa shape index (κ3) is 4.43. The summed E-state index contributed by atoms with van der Waals surface area (Å²) in [4.78, 5) is 16.5. The summed E-state index contributed by atoms with van der Waals surface area (Å²) in [6.07, 6.45) is 3.57. The zero-order chi connectivity index (χ0) is 20.2. The summed E-state index contributed by atoms with van der Waals surface area (Å²) in [6.45, 7) is 4.11. The van der Waals surface area contributed by atoms with Gasteiger partial charge in [0.2, 0.25) is 11.8 Å². The summed E-state index contributed by atoms with van der Waals surface area (Å²) in [5.41, 5.74) is 7.26. The number of oxazole rings is 1. The first kappa shape index (κ1) is 18.7. The van der Waals surface area contributed by atoms with Gasteiger partial charge >= 0.3 is 0 Å². The van der Waals surface area contributed by atoms with Crippen LogP contribution in [0, 0.1) is 13.8 Å².